The van der Waals surface area contributed by atoms with Crippen LogP contribution in [-0.2, 0) is 4.74 Å². The van der Waals surface area contributed by atoms with E-state index < -0.39 is 17.8 Å². The molecule has 0 aromatic carbocycles. The molecule has 0 aromatic heterocycles. The first-order chi connectivity index (χ1) is 6.02. The molecule has 14 heavy (non-hydrogen) atoms. The Bertz CT molecular complexity index is 200. The first-order valence-electron chi connectivity index (χ1n) is 4.73. The van der Waals surface area contributed by atoms with Crippen LogP contribution in [0.2, 0.25) is 0 Å². The summed E-state index contributed by atoms with van der Waals surface area (Å²) in [6.45, 7) is 10.4. The van der Waals surface area contributed by atoms with Gasteiger partial charge < -0.3 is 15.2 Å². The summed E-state index contributed by atoms with van der Waals surface area (Å²) in [6, 6.07) is 0. The summed E-state index contributed by atoms with van der Waals surface area (Å²) in [4.78, 5) is 11.3. The van der Waals surface area contributed by atoms with E-state index in [2.05, 4.69) is 5.32 Å². The number of alkyl carbamates (subject to hydrolysis) is 1. The molecule has 2 N–H and O–H groups in total. The van der Waals surface area contributed by atoms with E-state index in [4.69, 9.17) is 4.74 Å². The van der Waals surface area contributed by atoms with E-state index in [0.717, 1.165) is 0 Å². The smallest absolute Gasteiger partial charge is 0.407 e. The quantitative estimate of drug-likeness (QED) is 0.717. The third kappa shape index (κ3) is 5.80. The van der Waals surface area contributed by atoms with E-state index >= 15 is 0 Å². The van der Waals surface area contributed by atoms with Crippen LogP contribution in [0.1, 0.15) is 41.5 Å². The van der Waals surface area contributed by atoms with E-state index in [1.54, 1.807) is 20.8 Å². The molecule has 0 unspecified atom stereocenters. The number of amides is 1. The number of hydrogen-bond acceptors (Lipinski definition) is 3. The third-order valence-electron chi connectivity index (χ3n) is 1.76. The fourth-order valence-corrected chi connectivity index (χ4v) is 0.640. The lowest BCUT2D eigenvalue weighted by Crippen LogP contribution is -2.45. The first kappa shape index (κ1) is 13.2. The Morgan fingerprint density at radius 2 is 1.71 bits per heavy atom. The Labute approximate surface area is 85.6 Å². The summed E-state index contributed by atoms with van der Waals surface area (Å²) in [5.74, 6) is 0. The predicted molar refractivity (Wildman–Crippen MR) is 55.1 cm³/mol. The number of rotatable bonds is 2. The predicted octanol–water partition coefficient (Wildman–Crippen LogP) is 1.67. The average molecular weight is 203 g/mol. The van der Waals surface area contributed by atoms with Gasteiger partial charge in [-0.3, -0.25) is 0 Å². The van der Waals surface area contributed by atoms with Crippen LogP contribution in [0.15, 0.2) is 0 Å². The van der Waals surface area contributed by atoms with Gasteiger partial charge in [0.25, 0.3) is 0 Å². The molecule has 0 aliphatic carbocycles. The van der Waals surface area contributed by atoms with E-state index in [9.17, 15) is 9.90 Å². The lowest BCUT2D eigenvalue weighted by atomic mass is 10.0. The van der Waals surface area contributed by atoms with Crippen molar-refractivity contribution in [3.05, 3.63) is 0 Å². The van der Waals surface area contributed by atoms with E-state index in [1.165, 1.54) is 0 Å². The van der Waals surface area contributed by atoms with Crippen molar-refractivity contribution in [1.82, 2.24) is 5.32 Å². The fraction of sp³-hybridized carbons (Fsp3) is 0.900. The molecular weight excluding hydrogens is 182 g/mol. The summed E-state index contributed by atoms with van der Waals surface area (Å²) in [7, 11) is 0. The van der Waals surface area contributed by atoms with Gasteiger partial charge in [-0.25, -0.2) is 4.79 Å². The number of carbonyl (C=O) groups is 1. The maximum Gasteiger partial charge on any atom is 0.407 e. The molecule has 0 spiro atoms. The molecular formula is C10H21NO3. The SMILES string of the molecule is C[C@H](OC(=O)NC(C)(C)C)C(C)(C)O. The number of carbonyl (C=O) groups excluding carboxylic acids is 1. The zero-order valence-electron chi connectivity index (χ0n) is 9.84. The Hall–Kier alpha value is -0.770. The van der Waals surface area contributed by atoms with Gasteiger partial charge in [-0.15, -0.1) is 0 Å². The van der Waals surface area contributed by atoms with Crippen LogP contribution in [0.25, 0.3) is 0 Å². The Kier molecular flexibility index (Phi) is 3.94. The summed E-state index contributed by atoms with van der Waals surface area (Å²) in [5.41, 5.74) is -1.34. The number of aliphatic hydroxyl groups is 1. The number of hydrogen-bond donors (Lipinski definition) is 2. The van der Waals surface area contributed by atoms with Crippen molar-refractivity contribution in [2.45, 2.75) is 58.8 Å². The average Bonchev–Trinajstić information content (AvgIpc) is 1.79. The first-order valence-corrected chi connectivity index (χ1v) is 4.73. The molecule has 0 radical (unpaired) electrons. The fourth-order valence-electron chi connectivity index (χ4n) is 0.640. The Morgan fingerprint density at radius 3 is 2.00 bits per heavy atom. The van der Waals surface area contributed by atoms with Gasteiger partial charge in [0, 0.05) is 5.54 Å². The second-order valence-electron chi connectivity index (χ2n) is 5.08. The van der Waals surface area contributed by atoms with E-state index in [0.29, 0.717) is 0 Å². The summed E-state index contributed by atoms with van der Waals surface area (Å²) < 4.78 is 4.99. The van der Waals surface area contributed by atoms with Crippen molar-refractivity contribution >= 4 is 6.09 Å². The van der Waals surface area contributed by atoms with Crippen LogP contribution < -0.4 is 5.32 Å². The molecule has 0 heterocycles. The third-order valence-corrected chi connectivity index (χ3v) is 1.76. The molecule has 0 aliphatic heterocycles. The monoisotopic (exact) mass is 203 g/mol. The summed E-state index contributed by atoms with van der Waals surface area (Å²) >= 11 is 0. The second kappa shape index (κ2) is 4.17. The van der Waals surface area contributed by atoms with Gasteiger partial charge in [-0.1, -0.05) is 0 Å². The van der Waals surface area contributed by atoms with Crippen molar-refractivity contribution in [3.8, 4) is 0 Å². The van der Waals surface area contributed by atoms with Crippen LogP contribution in [0, 0.1) is 0 Å². The van der Waals surface area contributed by atoms with Gasteiger partial charge in [0.2, 0.25) is 0 Å². The van der Waals surface area contributed by atoms with Gasteiger partial charge in [-0.05, 0) is 41.5 Å². The van der Waals surface area contributed by atoms with Crippen LogP contribution in [-0.4, -0.2) is 28.4 Å². The minimum Gasteiger partial charge on any atom is -0.443 e. The minimum atomic E-state index is -1.02. The van der Waals surface area contributed by atoms with Gasteiger partial charge in [0.1, 0.15) is 6.10 Å². The minimum absolute atomic E-state index is 0.323. The van der Waals surface area contributed by atoms with E-state index in [1.807, 2.05) is 20.8 Å². The summed E-state index contributed by atoms with van der Waals surface area (Å²) in [5, 5.41) is 12.2. The number of ether oxygens (including phenoxy) is 1. The molecule has 0 aliphatic rings. The van der Waals surface area contributed by atoms with Crippen LogP contribution in [0.4, 0.5) is 4.79 Å². The number of nitrogens with one attached hydrogen (secondary N) is 1. The Balaban J connectivity index is 4.09. The van der Waals surface area contributed by atoms with Crippen LogP contribution in [0.5, 0.6) is 0 Å². The normalized spacial score (nSPS) is 14.8. The molecule has 0 rings (SSSR count). The lowest BCUT2D eigenvalue weighted by molar-refractivity contribution is -0.0471. The van der Waals surface area contributed by atoms with Crippen molar-refractivity contribution in [2.75, 3.05) is 0 Å². The van der Waals surface area contributed by atoms with Crippen molar-refractivity contribution < 1.29 is 14.6 Å². The van der Waals surface area contributed by atoms with Gasteiger partial charge in [0.15, 0.2) is 0 Å². The van der Waals surface area contributed by atoms with Crippen molar-refractivity contribution in [2.24, 2.45) is 0 Å². The molecule has 84 valence electrons. The second-order valence-corrected chi connectivity index (χ2v) is 5.08. The van der Waals surface area contributed by atoms with Gasteiger partial charge in [-0.2, -0.15) is 0 Å². The molecule has 4 nitrogen and oxygen atoms in total. The molecule has 0 aromatic rings. The highest BCUT2D eigenvalue weighted by Gasteiger charge is 2.27. The standard InChI is InChI=1S/C10H21NO3/c1-7(10(5,6)13)14-8(12)11-9(2,3)4/h7,13H,1-6H3,(H,11,12)/t7-/m0/s1. The highest BCUT2D eigenvalue weighted by molar-refractivity contribution is 5.68. The van der Waals surface area contributed by atoms with Crippen LogP contribution >= 0.6 is 0 Å². The Morgan fingerprint density at radius 1 is 1.29 bits per heavy atom. The lowest BCUT2D eigenvalue weighted by Gasteiger charge is -2.28. The topological polar surface area (TPSA) is 58.6 Å². The molecule has 1 atom stereocenters. The van der Waals surface area contributed by atoms with Crippen molar-refractivity contribution in [3.63, 3.8) is 0 Å². The highest BCUT2D eigenvalue weighted by atomic mass is 16.6. The molecule has 0 bridgehead atoms. The molecule has 0 fully saturated rings. The molecule has 0 saturated carbocycles. The maximum absolute atomic E-state index is 11.3. The zero-order chi connectivity index (χ0) is 11.6. The highest BCUT2D eigenvalue weighted by Crippen LogP contribution is 2.12. The van der Waals surface area contributed by atoms with Crippen LogP contribution in [0.3, 0.4) is 0 Å². The summed E-state index contributed by atoms with van der Waals surface area (Å²) in [6.07, 6.45) is -1.04. The van der Waals surface area contributed by atoms with Gasteiger partial charge >= 0.3 is 6.09 Å². The molecule has 4 heteroatoms. The largest absolute Gasteiger partial charge is 0.443 e. The molecule has 0 saturated heterocycles. The zero-order valence-corrected chi connectivity index (χ0v) is 9.84. The van der Waals surface area contributed by atoms with Gasteiger partial charge in [0.05, 0.1) is 5.60 Å². The van der Waals surface area contributed by atoms with Crippen molar-refractivity contribution in [1.29, 1.82) is 0 Å². The molecule has 1 amide bonds. The maximum atomic E-state index is 11.3. The van der Waals surface area contributed by atoms with E-state index in [-0.39, 0.29) is 5.54 Å².